The number of hydrogen-bond acceptors (Lipinski definition) is 5. The highest BCUT2D eigenvalue weighted by molar-refractivity contribution is 7.08. The molecule has 1 amide bonds. The summed E-state index contributed by atoms with van der Waals surface area (Å²) < 4.78 is 10.6. The maximum absolute atomic E-state index is 13.5. The molecule has 3 aromatic rings. The maximum atomic E-state index is 13.5. The van der Waals surface area contributed by atoms with Crippen LogP contribution in [0.15, 0.2) is 65.4 Å². The Hall–Kier alpha value is -2.22. The highest BCUT2D eigenvalue weighted by Crippen LogP contribution is 2.49. The van der Waals surface area contributed by atoms with Crippen molar-refractivity contribution < 1.29 is 14.3 Å². The molecule has 1 aromatic heterocycles. The number of carbonyl (C=O) groups excluding carboxylic acids is 1. The van der Waals surface area contributed by atoms with Gasteiger partial charge in [0, 0.05) is 38.4 Å². The van der Waals surface area contributed by atoms with Crippen LogP contribution in [0, 0.1) is 5.92 Å². The van der Waals surface area contributed by atoms with Crippen LogP contribution in [-0.2, 0) is 20.9 Å². The minimum Gasteiger partial charge on any atom is -0.380 e. The first-order valence-corrected chi connectivity index (χ1v) is 12.3. The molecular weight excluding hydrogens is 468 g/mol. The Bertz CT molecular complexity index is 1040. The standard InChI is InChI=1S/C27H32N2O3S.ClH/c1-18(32-3)26(28)15-29(27(30)25-14-24(25)22-12-13-33-17-22)23-10-8-21(9-11-23)20-6-4-19(5-7-20)16-31-2;/h4-13,17-18,24-26H,14-16,28H2,1-3H3;1H/t18-,24+,25-,26-;/m1./s1. The average molecular weight is 501 g/mol. The van der Waals surface area contributed by atoms with Gasteiger partial charge in [-0.1, -0.05) is 36.4 Å². The lowest BCUT2D eigenvalue weighted by atomic mass is 10.0. The number of halogens is 1. The lowest BCUT2D eigenvalue weighted by molar-refractivity contribution is -0.120. The quantitative estimate of drug-likeness (QED) is 0.400. The van der Waals surface area contributed by atoms with Crippen molar-refractivity contribution in [3.63, 3.8) is 0 Å². The van der Waals surface area contributed by atoms with Crippen LogP contribution in [0.5, 0.6) is 0 Å². The second-order valence-electron chi connectivity index (χ2n) is 8.74. The van der Waals surface area contributed by atoms with Gasteiger partial charge in [-0.25, -0.2) is 0 Å². The van der Waals surface area contributed by atoms with E-state index in [4.69, 9.17) is 15.2 Å². The number of benzene rings is 2. The molecule has 1 aliphatic carbocycles. The summed E-state index contributed by atoms with van der Waals surface area (Å²) in [7, 11) is 3.35. The van der Waals surface area contributed by atoms with Gasteiger partial charge in [0.2, 0.25) is 5.91 Å². The van der Waals surface area contributed by atoms with E-state index in [1.165, 1.54) is 5.56 Å². The van der Waals surface area contributed by atoms with Gasteiger partial charge in [-0.2, -0.15) is 11.3 Å². The molecule has 7 heteroatoms. The van der Waals surface area contributed by atoms with Gasteiger partial charge >= 0.3 is 0 Å². The van der Waals surface area contributed by atoms with Gasteiger partial charge in [0.15, 0.2) is 0 Å². The molecule has 4 atom stereocenters. The van der Waals surface area contributed by atoms with Crippen molar-refractivity contribution >= 4 is 35.3 Å². The van der Waals surface area contributed by atoms with E-state index in [2.05, 4.69) is 53.2 Å². The molecule has 1 aliphatic rings. The lowest BCUT2D eigenvalue weighted by Crippen LogP contribution is -2.47. The monoisotopic (exact) mass is 500 g/mol. The van der Waals surface area contributed by atoms with Gasteiger partial charge < -0.3 is 20.1 Å². The number of rotatable bonds is 10. The minimum atomic E-state index is -0.273. The van der Waals surface area contributed by atoms with Crippen LogP contribution in [-0.4, -0.2) is 38.8 Å². The second-order valence-corrected chi connectivity index (χ2v) is 9.52. The Morgan fingerprint density at radius 2 is 1.74 bits per heavy atom. The highest BCUT2D eigenvalue weighted by Gasteiger charge is 2.46. The third-order valence-electron chi connectivity index (χ3n) is 6.49. The molecule has 2 aromatic carbocycles. The molecule has 34 heavy (non-hydrogen) atoms. The fraction of sp³-hybridized carbons (Fsp3) is 0.370. The van der Waals surface area contributed by atoms with Crippen molar-refractivity contribution in [2.75, 3.05) is 25.7 Å². The molecule has 2 N–H and O–H groups in total. The third kappa shape index (κ3) is 6.06. The molecular formula is C27H33ClN2O3S. The Morgan fingerprint density at radius 3 is 2.29 bits per heavy atom. The Balaban J connectivity index is 0.00000324. The van der Waals surface area contributed by atoms with Gasteiger partial charge in [0.25, 0.3) is 0 Å². The zero-order valence-electron chi connectivity index (χ0n) is 19.8. The zero-order valence-corrected chi connectivity index (χ0v) is 21.5. The van der Waals surface area contributed by atoms with Crippen LogP contribution in [0.25, 0.3) is 11.1 Å². The molecule has 0 radical (unpaired) electrons. The van der Waals surface area contributed by atoms with Crippen molar-refractivity contribution in [3.8, 4) is 11.1 Å². The largest absolute Gasteiger partial charge is 0.380 e. The Morgan fingerprint density at radius 1 is 1.09 bits per heavy atom. The van der Waals surface area contributed by atoms with Crippen LogP contribution in [0.2, 0.25) is 0 Å². The number of nitrogens with zero attached hydrogens (tertiary/aromatic N) is 1. The van der Waals surface area contributed by atoms with Gasteiger partial charge in [-0.05, 0) is 70.5 Å². The number of carbonyl (C=O) groups is 1. The van der Waals surface area contributed by atoms with Crippen molar-refractivity contribution in [1.29, 1.82) is 0 Å². The van der Waals surface area contributed by atoms with E-state index in [0.29, 0.717) is 19.1 Å². The molecule has 1 fully saturated rings. The van der Waals surface area contributed by atoms with E-state index < -0.39 is 0 Å². The van der Waals surface area contributed by atoms with Gasteiger partial charge in [-0.15, -0.1) is 12.4 Å². The van der Waals surface area contributed by atoms with Crippen molar-refractivity contribution in [2.24, 2.45) is 11.7 Å². The number of ether oxygens (including phenoxy) is 2. The Kier molecular flexibility index (Phi) is 9.28. The fourth-order valence-corrected chi connectivity index (χ4v) is 4.90. The van der Waals surface area contributed by atoms with E-state index in [9.17, 15) is 4.79 Å². The van der Waals surface area contributed by atoms with Crippen molar-refractivity contribution in [2.45, 2.75) is 38.0 Å². The predicted molar refractivity (Wildman–Crippen MR) is 142 cm³/mol. The van der Waals surface area contributed by atoms with E-state index in [1.807, 2.05) is 24.0 Å². The molecule has 0 spiro atoms. The third-order valence-corrected chi connectivity index (χ3v) is 7.19. The first-order chi connectivity index (χ1) is 16.0. The normalized spacial score (nSPS) is 18.6. The minimum absolute atomic E-state index is 0. The number of thiophene rings is 1. The first kappa shape index (κ1) is 26.4. The number of anilines is 1. The highest BCUT2D eigenvalue weighted by atomic mass is 35.5. The fourth-order valence-electron chi connectivity index (χ4n) is 4.17. The molecule has 0 bridgehead atoms. The number of nitrogens with two attached hydrogens (primary N) is 1. The molecule has 0 aliphatic heterocycles. The lowest BCUT2D eigenvalue weighted by Gasteiger charge is -2.29. The molecule has 4 rings (SSSR count). The van der Waals surface area contributed by atoms with Gasteiger partial charge in [-0.3, -0.25) is 4.79 Å². The molecule has 5 nitrogen and oxygen atoms in total. The number of amides is 1. The number of hydrogen-bond donors (Lipinski definition) is 1. The van der Waals surface area contributed by atoms with Gasteiger partial charge in [0.05, 0.1) is 12.7 Å². The summed E-state index contributed by atoms with van der Waals surface area (Å²) >= 11 is 1.68. The first-order valence-electron chi connectivity index (χ1n) is 11.3. The van der Waals surface area contributed by atoms with Crippen molar-refractivity contribution in [3.05, 3.63) is 76.5 Å². The van der Waals surface area contributed by atoms with Crippen LogP contribution >= 0.6 is 23.7 Å². The van der Waals surface area contributed by atoms with E-state index >= 15 is 0 Å². The van der Waals surface area contributed by atoms with E-state index in [0.717, 1.165) is 28.8 Å². The van der Waals surface area contributed by atoms with Crippen LogP contribution in [0.1, 0.15) is 30.4 Å². The number of methoxy groups -OCH3 is 2. The summed E-state index contributed by atoms with van der Waals surface area (Å²) in [6.45, 7) is 2.96. The molecule has 0 saturated heterocycles. The van der Waals surface area contributed by atoms with Crippen LogP contribution in [0.3, 0.4) is 0 Å². The summed E-state index contributed by atoms with van der Waals surface area (Å²) in [5, 5.41) is 4.22. The summed E-state index contributed by atoms with van der Waals surface area (Å²) in [4.78, 5) is 15.4. The van der Waals surface area contributed by atoms with E-state index in [-0.39, 0.29) is 36.4 Å². The molecule has 182 valence electrons. The summed E-state index contributed by atoms with van der Waals surface area (Å²) in [6.07, 6.45) is 0.754. The smallest absolute Gasteiger partial charge is 0.230 e. The maximum Gasteiger partial charge on any atom is 0.230 e. The summed E-state index contributed by atoms with van der Waals surface area (Å²) in [5.74, 6) is 0.464. The topological polar surface area (TPSA) is 64.8 Å². The zero-order chi connectivity index (χ0) is 23.4. The predicted octanol–water partition coefficient (Wildman–Crippen LogP) is 5.48. The summed E-state index contributed by atoms with van der Waals surface area (Å²) in [6, 6.07) is 18.4. The molecule has 1 heterocycles. The molecule has 0 unspecified atom stereocenters. The SMILES string of the molecule is COCc1ccc(-c2ccc(N(C[C@@H](N)[C@@H](C)OC)C(=O)[C@@H]3C[C@H]3c3ccsc3)cc2)cc1.Cl. The second kappa shape index (κ2) is 12.0. The molecule has 1 saturated carbocycles. The average Bonchev–Trinajstić information content (AvgIpc) is 3.46. The Labute approximate surface area is 212 Å². The van der Waals surface area contributed by atoms with Crippen LogP contribution in [0.4, 0.5) is 5.69 Å². The van der Waals surface area contributed by atoms with Crippen molar-refractivity contribution in [1.82, 2.24) is 0 Å². The van der Waals surface area contributed by atoms with Crippen LogP contribution < -0.4 is 10.6 Å². The van der Waals surface area contributed by atoms with Gasteiger partial charge in [0.1, 0.15) is 0 Å². The summed E-state index contributed by atoms with van der Waals surface area (Å²) in [5.41, 5.74) is 11.9. The van der Waals surface area contributed by atoms with E-state index in [1.54, 1.807) is 25.6 Å².